The van der Waals surface area contributed by atoms with Gasteiger partial charge in [-0.15, -0.1) is 0 Å². The Morgan fingerprint density at radius 3 is 2.16 bits per heavy atom. The molecule has 6 nitrogen and oxygen atoms in total. The Morgan fingerprint density at radius 1 is 0.781 bits per heavy atom. The molecule has 0 radical (unpaired) electrons. The van der Waals surface area contributed by atoms with Crippen molar-refractivity contribution >= 4 is 23.5 Å². The normalized spacial score (nSPS) is 10.3. The maximum atomic E-state index is 12.5. The first-order valence-electron chi connectivity index (χ1n) is 10.4. The molecule has 2 N–H and O–H groups in total. The molecule has 0 saturated carbocycles. The number of esters is 1. The number of hydrogen-bond acceptors (Lipinski definition) is 4. The van der Waals surface area contributed by atoms with Gasteiger partial charge in [-0.3, -0.25) is 9.59 Å². The second-order valence-electron chi connectivity index (χ2n) is 7.49. The van der Waals surface area contributed by atoms with Gasteiger partial charge in [-0.05, 0) is 48.6 Å². The lowest BCUT2D eigenvalue weighted by Gasteiger charge is -2.12. The van der Waals surface area contributed by atoms with E-state index in [0.717, 1.165) is 27.9 Å². The Labute approximate surface area is 187 Å². The molecule has 164 valence electrons. The summed E-state index contributed by atoms with van der Waals surface area (Å²) in [6.07, 6.45) is 0.580. The van der Waals surface area contributed by atoms with Crippen molar-refractivity contribution in [3.05, 3.63) is 101 Å². The molecule has 0 spiro atoms. The quantitative estimate of drug-likeness (QED) is 0.533. The summed E-state index contributed by atoms with van der Waals surface area (Å²) >= 11 is 0. The second-order valence-corrected chi connectivity index (χ2v) is 7.49. The van der Waals surface area contributed by atoms with E-state index < -0.39 is 18.5 Å². The number of rotatable bonds is 8. The Hall–Kier alpha value is -3.93. The van der Waals surface area contributed by atoms with E-state index in [0.29, 0.717) is 12.0 Å². The number of nitrogens with one attached hydrogen (secondary N) is 2. The van der Waals surface area contributed by atoms with Crippen LogP contribution in [-0.4, -0.2) is 30.9 Å². The average molecular weight is 431 g/mol. The van der Waals surface area contributed by atoms with Crippen LogP contribution in [0.3, 0.4) is 0 Å². The lowest BCUT2D eigenvalue weighted by molar-refractivity contribution is -0.126. The first-order chi connectivity index (χ1) is 15.4. The molecule has 3 aromatic rings. The van der Waals surface area contributed by atoms with Crippen molar-refractivity contribution in [1.82, 2.24) is 5.32 Å². The molecule has 2 amide bonds. The third-order valence-electron chi connectivity index (χ3n) is 5.00. The lowest BCUT2D eigenvalue weighted by atomic mass is 10.00. The van der Waals surface area contributed by atoms with Crippen LogP contribution in [0.5, 0.6) is 0 Å². The van der Waals surface area contributed by atoms with Gasteiger partial charge in [0.2, 0.25) is 5.91 Å². The summed E-state index contributed by atoms with van der Waals surface area (Å²) in [7, 11) is 0. The standard InChI is InChI=1S/C26H26N2O4/c1-18-9-8-10-19(2)25(18)28-23(29)16-27-24(30)17-32-26(31)22-14-7-6-13-21(22)15-20-11-4-3-5-12-20/h3-14H,15-17H2,1-2H3,(H,27,30)(H,28,29). The molecular weight excluding hydrogens is 404 g/mol. The summed E-state index contributed by atoms with van der Waals surface area (Å²) in [5.74, 6) is -1.47. The zero-order valence-corrected chi connectivity index (χ0v) is 18.2. The molecule has 32 heavy (non-hydrogen) atoms. The highest BCUT2D eigenvalue weighted by Gasteiger charge is 2.15. The van der Waals surface area contributed by atoms with Gasteiger partial charge in [0, 0.05) is 5.69 Å². The largest absolute Gasteiger partial charge is 0.452 e. The fraction of sp³-hybridized carbons (Fsp3) is 0.192. The zero-order valence-electron chi connectivity index (χ0n) is 18.2. The van der Waals surface area contributed by atoms with Gasteiger partial charge in [0.05, 0.1) is 12.1 Å². The molecular formula is C26H26N2O4. The number of benzene rings is 3. The zero-order chi connectivity index (χ0) is 22.9. The number of ether oxygens (including phenoxy) is 1. The molecule has 3 aromatic carbocycles. The summed E-state index contributed by atoms with van der Waals surface area (Å²) in [5.41, 5.74) is 4.91. The van der Waals surface area contributed by atoms with E-state index in [2.05, 4.69) is 10.6 Å². The van der Waals surface area contributed by atoms with Crippen molar-refractivity contribution < 1.29 is 19.1 Å². The van der Waals surface area contributed by atoms with Crippen molar-refractivity contribution in [3.63, 3.8) is 0 Å². The number of carbonyl (C=O) groups is 3. The molecule has 0 heterocycles. The topological polar surface area (TPSA) is 84.5 Å². The smallest absolute Gasteiger partial charge is 0.338 e. The number of amides is 2. The number of anilines is 1. The summed E-state index contributed by atoms with van der Waals surface area (Å²) in [6, 6.07) is 22.6. The van der Waals surface area contributed by atoms with Crippen LogP contribution in [0, 0.1) is 13.8 Å². The molecule has 0 aromatic heterocycles. The van der Waals surface area contributed by atoms with Gasteiger partial charge >= 0.3 is 5.97 Å². The molecule has 0 aliphatic heterocycles. The molecule has 0 saturated heterocycles. The van der Waals surface area contributed by atoms with Crippen LogP contribution in [-0.2, 0) is 20.7 Å². The van der Waals surface area contributed by atoms with Crippen LogP contribution in [0.25, 0.3) is 0 Å². The monoisotopic (exact) mass is 430 g/mol. The van der Waals surface area contributed by atoms with E-state index in [4.69, 9.17) is 4.74 Å². The van der Waals surface area contributed by atoms with Crippen LogP contribution in [0.2, 0.25) is 0 Å². The molecule has 0 aliphatic carbocycles. The first-order valence-corrected chi connectivity index (χ1v) is 10.4. The van der Waals surface area contributed by atoms with Crippen LogP contribution in [0.4, 0.5) is 5.69 Å². The van der Waals surface area contributed by atoms with Gasteiger partial charge in [-0.2, -0.15) is 0 Å². The predicted molar refractivity (Wildman–Crippen MR) is 124 cm³/mol. The van der Waals surface area contributed by atoms with Crippen molar-refractivity contribution in [2.24, 2.45) is 0 Å². The van der Waals surface area contributed by atoms with Gasteiger partial charge in [-0.25, -0.2) is 4.79 Å². The van der Waals surface area contributed by atoms with Gasteiger partial charge in [0.1, 0.15) is 0 Å². The van der Waals surface area contributed by atoms with Gasteiger partial charge in [0.25, 0.3) is 5.91 Å². The SMILES string of the molecule is Cc1cccc(C)c1NC(=O)CNC(=O)COC(=O)c1ccccc1Cc1ccccc1. The summed E-state index contributed by atoms with van der Waals surface area (Å²) in [4.78, 5) is 36.8. The van der Waals surface area contributed by atoms with Crippen LogP contribution < -0.4 is 10.6 Å². The molecule has 0 aliphatic rings. The molecule has 6 heteroatoms. The van der Waals surface area contributed by atoms with Crippen molar-refractivity contribution in [3.8, 4) is 0 Å². The van der Waals surface area contributed by atoms with Crippen molar-refractivity contribution in [2.45, 2.75) is 20.3 Å². The average Bonchev–Trinajstić information content (AvgIpc) is 2.79. The minimum absolute atomic E-state index is 0.214. The Morgan fingerprint density at radius 2 is 1.44 bits per heavy atom. The maximum absolute atomic E-state index is 12.5. The highest BCUT2D eigenvalue weighted by Crippen LogP contribution is 2.19. The van der Waals surface area contributed by atoms with E-state index in [1.54, 1.807) is 12.1 Å². The summed E-state index contributed by atoms with van der Waals surface area (Å²) < 4.78 is 5.17. The predicted octanol–water partition coefficient (Wildman–Crippen LogP) is 3.81. The Bertz CT molecular complexity index is 1090. The van der Waals surface area contributed by atoms with E-state index in [-0.39, 0.29) is 12.5 Å². The number of para-hydroxylation sites is 1. The molecule has 0 bridgehead atoms. The Kier molecular flexibility index (Phi) is 7.75. The summed E-state index contributed by atoms with van der Waals surface area (Å²) in [6.45, 7) is 3.12. The number of aryl methyl sites for hydroxylation is 2. The molecule has 0 fully saturated rings. The number of carbonyl (C=O) groups excluding carboxylic acids is 3. The highest BCUT2D eigenvalue weighted by molar-refractivity contribution is 5.96. The lowest BCUT2D eigenvalue weighted by Crippen LogP contribution is -2.35. The minimum atomic E-state index is -0.577. The summed E-state index contributed by atoms with van der Waals surface area (Å²) in [5, 5.41) is 5.27. The van der Waals surface area contributed by atoms with Gasteiger partial charge in [0.15, 0.2) is 6.61 Å². The van der Waals surface area contributed by atoms with Crippen molar-refractivity contribution in [1.29, 1.82) is 0 Å². The fourth-order valence-electron chi connectivity index (χ4n) is 3.32. The van der Waals surface area contributed by atoms with E-state index in [1.165, 1.54) is 0 Å². The highest BCUT2D eigenvalue weighted by atomic mass is 16.5. The van der Waals surface area contributed by atoms with E-state index in [9.17, 15) is 14.4 Å². The molecule has 3 rings (SSSR count). The molecule has 0 atom stereocenters. The van der Waals surface area contributed by atoms with Crippen LogP contribution in [0.15, 0.2) is 72.8 Å². The van der Waals surface area contributed by atoms with Crippen LogP contribution in [0.1, 0.15) is 32.6 Å². The third kappa shape index (κ3) is 6.28. The first kappa shape index (κ1) is 22.7. The van der Waals surface area contributed by atoms with E-state index in [1.807, 2.05) is 74.5 Å². The van der Waals surface area contributed by atoms with Crippen molar-refractivity contribution in [2.75, 3.05) is 18.5 Å². The van der Waals surface area contributed by atoms with Gasteiger partial charge in [-0.1, -0.05) is 66.7 Å². The second kappa shape index (κ2) is 10.9. The maximum Gasteiger partial charge on any atom is 0.338 e. The Balaban J connectivity index is 1.50. The minimum Gasteiger partial charge on any atom is -0.452 e. The third-order valence-corrected chi connectivity index (χ3v) is 5.00. The fourth-order valence-corrected chi connectivity index (χ4v) is 3.32. The van der Waals surface area contributed by atoms with Gasteiger partial charge < -0.3 is 15.4 Å². The van der Waals surface area contributed by atoms with E-state index >= 15 is 0 Å². The number of hydrogen-bond donors (Lipinski definition) is 2. The molecule has 0 unspecified atom stereocenters. The van der Waals surface area contributed by atoms with Crippen LogP contribution >= 0.6 is 0 Å².